The molecule has 2 rings (SSSR count). The van der Waals surface area contributed by atoms with Gasteiger partial charge in [0.2, 0.25) is 0 Å². The molecule has 0 aliphatic carbocycles. The predicted octanol–water partition coefficient (Wildman–Crippen LogP) is 2.23. The van der Waals surface area contributed by atoms with Crippen molar-refractivity contribution in [1.29, 1.82) is 0 Å². The Morgan fingerprint density at radius 3 is 2.63 bits per heavy atom. The molecule has 0 radical (unpaired) electrons. The second-order valence-corrected chi connectivity index (χ2v) is 6.19. The van der Waals surface area contributed by atoms with Crippen molar-refractivity contribution >= 4 is 0 Å². The summed E-state index contributed by atoms with van der Waals surface area (Å²) in [6, 6.07) is 0.813. The Bertz CT molecular complexity index is 378. The van der Waals surface area contributed by atoms with E-state index in [-0.39, 0.29) is 6.04 Å². The van der Waals surface area contributed by atoms with Gasteiger partial charge in [-0.25, -0.2) is 4.98 Å². The van der Waals surface area contributed by atoms with E-state index in [1.54, 1.807) is 6.26 Å². The molecule has 1 saturated heterocycles. The average Bonchev–Trinajstić information content (AvgIpc) is 2.76. The van der Waals surface area contributed by atoms with Crippen LogP contribution < -0.4 is 5.73 Å². The molecule has 0 amide bonds. The van der Waals surface area contributed by atoms with Gasteiger partial charge >= 0.3 is 0 Å². The van der Waals surface area contributed by atoms with Crippen LogP contribution in [0.1, 0.15) is 45.2 Å². The second-order valence-electron chi connectivity index (χ2n) is 6.19. The zero-order chi connectivity index (χ0) is 13.8. The van der Waals surface area contributed by atoms with Gasteiger partial charge in [-0.1, -0.05) is 0 Å². The van der Waals surface area contributed by atoms with Crippen molar-refractivity contribution in [2.45, 2.75) is 58.5 Å². The summed E-state index contributed by atoms with van der Waals surface area (Å²) in [5.41, 5.74) is 6.76. The normalized spacial score (nSPS) is 20.1. The fourth-order valence-electron chi connectivity index (χ4n) is 2.79. The SMILES string of the molecule is CC(N)Cc1coc(CC2CCN(C(C)C)CC2)n1. The van der Waals surface area contributed by atoms with E-state index in [0.29, 0.717) is 6.04 Å². The maximum atomic E-state index is 5.77. The van der Waals surface area contributed by atoms with Crippen LogP contribution in [0.5, 0.6) is 0 Å². The van der Waals surface area contributed by atoms with Crippen molar-refractivity contribution in [3.8, 4) is 0 Å². The maximum absolute atomic E-state index is 5.77. The van der Waals surface area contributed by atoms with Crippen molar-refractivity contribution in [3.63, 3.8) is 0 Å². The Kier molecular flexibility index (Phi) is 4.99. The van der Waals surface area contributed by atoms with Crippen LogP contribution in [-0.2, 0) is 12.8 Å². The van der Waals surface area contributed by atoms with Gasteiger partial charge < -0.3 is 15.1 Å². The van der Waals surface area contributed by atoms with Gasteiger partial charge in [-0.2, -0.15) is 0 Å². The number of oxazole rings is 1. The van der Waals surface area contributed by atoms with E-state index in [2.05, 4.69) is 23.7 Å². The van der Waals surface area contributed by atoms with Crippen molar-refractivity contribution in [3.05, 3.63) is 17.8 Å². The van der Waals surface area contributed by atoms with Crippen LogP contribution >= 0.6 is 0 Å². The highest BCUT2D eigenvalue weighted by Crippen LogP contribution is 2.22. The first-order valence-corrected chi connectivity index (χ1v) is 7.47. The van der Waals surface area contributed by atoms with E-state index in [0.717, 1.165) is 30.3 Å². The van der Waals surface area contributed by atoms with Crippen LogP contribution in [0.4, 0.5) is 0 Å². The van der Waals surface area contributed by atoms with Gasteiger partial charge in [-0.15, -0.1) is 0 Å². The third-order valence-electron chi connectivity index (χ3n) is 3.97. The summed E-state index contributed by atoms with van der Waals surface area (Å²) in [5, 5.41) is 0. The van der Waals surface area contributed by atoms with Gasteiger partial charge in [-0.3, -0.25) is 0 Å². The summed E-state index contributed by atoms with van der Waals surface area (Å²) in [6.07, 6.45) is 6.05. The Hall–Kier alpha value is -0.870. The fourth-order valence-corrected chi connectivity index (χ4v) is 2.79. The van der Waals surface area contributed by atoms with Crippen LogP contribution in [0.2, 0.25) is 0 Å². The Morgan fingerprint density at radius 2 is 2.05 bits per heavy atom. The largest absolute Gasteiger partial charge is 0.449 e. The molecule has 0 saturated carbocycles. The van der Waals surface area contributed by atoms with E-state index in [1.165, 1.54) is 25.9 Å². The Morgan fingerprint density at radius 1 is 1.37 bits per heavy atom. The molecule has 0 aromatic carbocycles. The molecule has 1 aromatic heterocycles. The quantitative estimate of drug-likeness (QED) is 0.887. The lowest BCUT2D eigenvalue weighted by Crippen LogP contribution is -2.38. The zero-order valence-electron chi connectivity index (χ0n) is 12.4. The van der Waals surface area contributed by atoms with Crippen LogP contribution in [0, 0.1) is 5.92 Å². The lowest BCUT2D eigenvalue weighted by Gasteiger charge is -2.34. The van der Waals surface area contributed by atoms with E-state index in [1.807, 2.05) is 6.92 Å². The Labute approximate surface area is 116 Å². The minimum Gasteiger partial charge on any atom is -0.449 e. The first-order chi connectivity index (χ1) is 9.04. The van der Waals surface area contributed by atoms with E-state index < -0.39 is 0 Å². The molecule has 0 bridgehead atoms. The topological polar surface area (TPSA) is 55.3 Å². The number of likely N-dealkylation sites (tertiary alicyclic amines) is 1. The van der Waals surface area contributed by atoms with Crippen molar-refractivity contribution < 1.29 is 4.42 Å². The molecule has 19 heavy (non-hydrogen) atoms. The molecule has 1 unspecified atom stereocenters. The third kappa shape index (κ3) is 4.32. The molecule has 4 heteroatoms. The smallest absolute Gasteiger partial charge is 0.194 e. The van der Waals surface area contributed by atoms with Gasteiger partial charge in [0.1, 0.15) is 6.26 Å². The number of piperidine rings is 1. The molecular weight excluding hydrogens is 238 g/mol. The van der Waals surface area contributed by atoms with Gasteiger partial charge in [0.15, 0.2) is 5.89 Å². The van der Waals surface area contributed by atoms with Gasteiger partial charge in [0.05, 0.1) is 5.69 Å². The third-order valence-corrected chi connectivity index (χ3v) is 3.97. The second kappa shape index (κ2) is 6.53. The predicted molar refractivity (Wildman–Crippen MR) is 77.0 cm³/mol. The first kappa shape index (κ1) is 14.5. The number of hydrogen-bond acceptors (Lipinski definition) is 4. The average molecular weight is 265 g/mol. The van der Waals surface area contributed by atoms with Gasteiger partial charge in [0, 0.05) is 24.9 Å². The van der Waals surface area contributed by atoms with E-state index in [4.69, 9.17) is 10.2 Å². The molecule has 0 spiro atoms. The summed E-state index contributed by atoms with van der Waals surface area (Å²) in [5.74, 6) is 1.61. The molecular formula is C15H27N3O. The van der Waals surface area contributed by atoms with Gasteiger partial charge in [-0.05, 0) is 52.6 Å². The summed E-state index contributed by atoms with van der Waals surface area (Å²) in [6.45, 7) is 8.95. The van der Waals surface area contributed by atoms with Crippen LogP contribution in [0.15, 0.2) is 10.7 Å². The van der Waals surface area contributed by atoms with E-state index >= 15 is 0 Å². The van der Waals surface area contributed by atoms with Crippen molar-refractivity contribution in [1.82, 2.24) is 9.88 Å². The number of hydrogen-bond donors (Lipinski definition) is 1. The highest BCUT2D eigenvalue weighted by molar-refractivity contribution is 4.99. The molecule has 4 nitrogen and oxygen atoms in total. The van der Waals surface area contributed by atoms with E-state index in [9.17, 15) is 0 Å². The molecule has 1 aliphatic rings. The van der Waals surface area contributed by atoms with Crippen LogP contribution in [0.25, 0.3) is 0 Å². The highest BCUT2D eigenvalue weighted by Gasteiger charge is 2.22. The lowest BCUT2D eigenvalue weighted by atomic mass is 9.93. The molecule has 1 aliphatic heterocycles. The Balaban J connectivity index is 1.80. The van der Waals surface area contributed by atoms with Crippen molar-refractivity contribution in [2.24, 2.45) is 11.7 Å². The molecule has 108 valence electrons. The molecule has 1 aromatic rings. The van der Waals surface area contributed by atoms with Crippen molar-refractivity contribution in [2.75, 3.05) is 13.1 Å². The standard InChI is InChI=1S/C15H27N3O/c1-11(2)18-6-4-13(5-7-18)9-15-17-14(10-19-15)8-12(3)16/h10-13H,4-9,16H2,1-3H3. The summed E-state index contributed by atoms with van der Waals surface area (Å²) < 4.78 is 5.56. The molecule has 1 atom stereocenters. The molecule has 1 fully saturated rings. The van der Waals surface area contributed by atoms with Crippen LogP contribution in [-0.4, -0.2) is 35.1 Å². The summed E-state index contributed by atoms with van der Waals surface area (Å²) in [7, 11) is 0. The zero-order valence-corrected chi connectivity index (χ0v) is 12.4. The first-order valence-electron chi connectivity index (χ1n) is 7.47. The number of nitrogens with zero attached hydrogens (tertiary/aromatic N) is 2. The molecule has 2 heterocycles. The highest BCUT2D eigenvalue weighted by atomic mass is 16.3. The number of nitrogens with two attached hydrogens (primary N) is 1. The monoisotopic (exact) mass is 265 g/mol. The fraction of sp³-hybridized carbons (Fsp3) is 0.800. The summed E-state index contributed by atoms with van der Waals surface area (Å²) in [4.78, 5) is 7.09. The summed E-state index contributed by atoms with van der Waals surface area (Å²) >= 11 is 0. The molecule has 2 N–H and O–H groups in total. The van der Waals surface area contributed by atoms with Crippen LogP contribution in [0.3, 0.4) is 0 Å². The lowest BCUT2D eigenvalue weighted by molar-refractivity contribution is 0.146. The minimum absolute atomic E-state index is 0.146. The maximum Gasteiger partial charge on any atom is 0.194 e. The van der Waals surface area contributed by atoms with Gasteiger partial charge in [0.25, 0.3) is 0 Å². The number of rotatable bonds is 5. The minimum atomic E-state index is 0.146. The number of aromatic nitrogens is 1.